The van der Waals surface area contributed by atoms with Crippen LogP contribution < -0.4 is 5.73 Å². The van der Waals surface area contributed by atoms with Gasteiger partial charge in [0.25, 0.3) is 0 Å². The van der Waals surface area contributed by atoms with Crippen molar-refractivity contribution in [3.8, 4) is 0 Å². The summed E-state index contributed by atoms with van der Waals surface area (Å²) in [5.41, 5.74) is 6.95. The van der Waals surface area contributed by atoms with Gasteiger partial charge in [-0.2, -0.15) is 11.8 Å². The van der Waals surface area contributed by atoms with Gasteiger partial charge in [0.1, 0.15) is 11.8 Å². The van der Waals surface area contributed by atoms with Gasteiger partial charge in [-0.05, 0) is 13.2 Å². The van der Waals surface area contributed by atoms with Crippen molar-refractivity contribution in [3.63, 3.8) is 0 Å². The maximum atomic E-state index is 10.1. The number of fused-ring (bicyclic) bond motifs is 1. The van der Waals surface area contributed by atoms with E-state index >= 15 is 0 Å². The van der Waals surface area contributed by atoms with E-state index in [-0.39, 0.29) is 17.6 Å². The Balaban J connectivity index is 2.07. The van der Waals surface area contributed by atoms with Crippen LogP contribution in [0.4, 0.5) is 5.82 Å². The van der Waals surface area contributed by atoms with Crippen LogP contribution >= 0.6 is 11.8 Å². The van der Waals surface area contributed by atoms with Gasteiger partial charge in [0.2, 0.25) is 0 Å². The summed E-state index contributed by atoms with van der Waals surface area (Å²) in [5, 5.41) is 10.1. The minimum absolute atomic E-state index is 0.0661. The van der Waals surface area contributed by atoms with Crippen LogP contribution in [0, 0.1) is 0 Å². The zero-order valence-corrected chi connectivity index (χ0v) is 11.4. The molecule has 1 fully saturated rings. The fraction of sp³-hybridized carbons (Fsp3) is 0.545. The normalized spacial score (nSPS) is 31.1. The van der Waals surface area contributed by atoms with Crippen molar-refractivity contribution in [3.05, 3.63) is 12.7 Å². The lowest BCUT2D eigenvalue weighted by atomic mass is 10.2. The third-order valence-electron chi connectivity index (χ3n) is 3.39. The number of nitrogen functional groups attached to an aromatic ring is 1. The van der Waals surface area contributed by atoms with Gasteiger partial charge in [-0.15, -0.1) is 0 Å². The maximum absolute atomic E-state index is 10.1. The van der Waals surface area contributed by atoms with Crippen LogP contribution in [0.5, 0.6) is 0 Å². The quantitative estimate of drug-likeness (QED) is 0.822. The van der Waals surface area contributed by atoms with Crippen molar-refractivity contribution in [1.82, 2.24) is 19.5 Å². The second kappa shape index (κ2) is 4.62. The number of hydrogen-bond acceptors (Lipinski definition) is 7. The standard InChI is InChI=1S/C11H15N5O2S/c1-5-7(17)8(19-2)11(18-5)16-4-15-6-9(12)13-3-14-10(6)16/h3-5,7-8,11,17H,1-2H3,(H2,12,13,14)/t5-,7-,8-,11-/m1/s1. The van der Waals surface area contributed by atoms with Crippen LogP contribution in [0.15, 0.2) is 12.7 Å². The molecule has 3 rings (SSSR count). The molecule has 0 aromatic carbocycles. The number of aromatic nitrogens is 4. The van der Waals surface area contributed by atoms with Crippen molar-refractivity contribution in [1.29, 1.82) is 0 Å². The lowest BCUT2D eigenvalue weighted by Crippen LogP contribution is -2.27. The van der Waals surface area contributed by atoms with Gasteiger partial charge in [0.15, 0.2) is 17.7 Å². The number of hydrogen-bond donors (Lipinski definition) is 2. The number of anilines is 1. The summed E-state index contributed by atoms with van der Waals surface area (Å²) in [4.78, 5) is 12.3. The number of imidazole rings is 1. The first-order valence-corrected chi connectivity index (χ1v) is 7.21. The van der Waals surface area contributed by atoms with E-state index in [2.05, 4.69) is 15.0 Å². The van der Waals surface area contributed by atoms with E-state index in [0.29, 0.717) is 17.0 Å². The molecule has 7 nitrogen and oxygen atoms in total. The van der Waals surface area contributed by atoms with E-state index in [1.807, 2.05) is 13.2 Å². The van der Waals surface area contributed by atoms with Gasteiger partial charge < -0.3 is 15.6 Å². The number of thioether (sulfide) groups is 1. The summed E-state index contributed by atoms with van der Waals surface area (Å²) < 4.78 is 7.63. The van der Waals surface area contributed by atoms with Gasteiger partial charge in [-0.3, -0.25) is 4.57 Å². The summed E-state index contributed by atoms with van der Waals surface area (Å²) in [6.45, 7) is 1.86. The van der Waals surface area contributed by atoms with Crippen LogP contribution in [0.1, 0.15) is 13.2 Å². The molecule has 4 atom stereocenters. The zero-order chi connectivity index (χ0) is 13.6. The van der Waals surface area contributed by atoms with Crippen LogP contribution in [-0.4, -0.2) is 48.3 Å². The molecular formula is C11H15N5O2S. The van der Waals surface area contributed by atoms with E-state index in [1.165, 1.54) is 6.33 Å². The molecule has 0 radical (unpaired) electrons. The molecule has 0 bridgehead atoms. The van der Waals surface area contributed by atoms with Gasteiger partial charge in [-0.1, -0.05) is 0 Å². The monoisotopic (exact) mass is 281 g/mol. The Morgan fingerprint density at radius 1 is 1.42 bits per heavy atom. The third-order valence-corrected chi connectivity index (χ3v) is 4.44. The predicted octanol–water partition coefficient (Wildman–Crippen LogP) is 0.418. The Labute approximate surface area is 114 Å². The maximum Gasteiger partial charge on any atom is 0.167 e. The highest BCUT2D eigenvalue weighted by Crippen LogP contribution is 2.37. The van der Waals surface area contributed by atoms with Crippen molar-refractivity contribution < 1.29 is 9.84 Å². The Hall–Kier alpha value is -1.38. The molecule has 8 heteroatoms. The van der Waals surface area contributed by atoms with E-state index in [1.54, 1.807) is 22.7 Å². The molecule has 1 aliphatic rings. The zero-order valence-electron chi connectivity index (χ0n) is 10.6. The van der Waals surface area contributed by atoms with Crippen molar-refractivity contribution in [2.24, 2.45) is 0 Å². The van der Waals surface area contributed by atoms with Gasteiger partial charge in [0.05, 0.1) is 23.8 Å². The number of nitrogens with zero attached hydrogens (tertiary/aromatic N) is 4. The van der Waals surface area contributed by atoms with Crippen LogP contribution in [0.3, 0.4) is 0 Å². The molecule has 2 aromatic heterocycles. The highest BCUT2D eigenvalue weighted by molar-refractivity contribution is 7.99. The first kappa shape index (κ1) is 12.6. The average molecular weight is 281 g/mol. The SMILES string of the molecule is CS[C@@H]1[C@H](O)[C@@H](C)O[C@H]1n1cnc2c(N)ncnc21. The largest absolute Gasteiger partial charge is 0.389 e. The van der Waals surface area contributed by atoms with Crippen molar-refractivity contribution >= 4 is 28.7 Å². The second-order valence-corrected chi connectivity index (χ2v) is 5.52. The second-order valence-electron chi connectivity index (χ2n) is 4.51. The number of aliphatic hydroxyl groups is 1. The van der Waals surface area contributed by atoms with Crippen LogP contribution in [0.2, 0.25) is 0 Å². The van der Waals surface area contributed by atoms with E-state index in [4.69, 9.17) is 10.5 Å². The van der Waals surface area contributed by atoms with Gasteiger partial charge in [-0.25, -0.2) is 15.0 Å². The lowest BCUT2D eigenvalue weighted by molar-refractivity contribution is -0.00596. The van der Waals surface area contributed by atoms with E-state index in [9.17, 15) is 5.11 Å². The highest BCUT2D eigenvalue weighted by Gasteiger charge is 2.42. The van der Waals surface area contributed by atoms with E-state index < -0.39 is 6.10 Å². The fourth-order valence-electron chi connectivity index (χ4n) is 2.35. The molecule has 0 unspecified atom stereocenters. The van der Waals surface area contributed by atoms with Crippen LogP contribution in [-0.2, 0) is 4.74 Å². The minimum atomic E-state index is -0.517. The van der Waals surface area contributed by atoms with Crippen LogP contribution in [0.25, 0.3) is 11.2 Å². The van der Waals surface area contributed by atoms with Gasteiger partial charge >= 0.3 is 0 Å². The Morgan fingerprint density at radius 2 is 2.21 bits per heavy atom. The first-order valence-electron chi connectivity index (χ1n) is 5.93. The van der Waals surface area contributed by atoms with Crippen molar-refractivity contribution in [2.45, 2.75) is 30.6 Å². The molecule has 0 spiro atoms. The highest BCUT2D eigenvalue weighted by atomic mass is 32.2. The predicted molar refractivity (Wildman–Crippen MR) is 72.6 cm³/mol. The summed E-state index contributed by atoms with van der Waals surface area (Å²) >= 11 is 1.57. The summed E-state index contributed by atoms with van der Waals surface area (Å²) in [6.07, 6.45) is 3.94. The fourth-order valence-corrected chi connectivity index (χ4v) is 3.28. The smallest absolute Gasteiger partial charge is 0.167 e. The molecule has 3 heterocycles. The minimum Gasteiger partial charge on any atom is -0.389 e. The lowest BCUT2D eigenvalue weighted by Gasteiger charge is -2.19. The van der Waals surface area contributed by atoms with E-state index in [0.717, 1.165) is 0 Å². The molecule has 1 aliphatic heterocycles. The molecule has 19 heavy (non-hydrogen) atoms. The molecule has 0 saturated carbocycles. The Morgan fingerprint density at radius 3 is 2.95 bits per heavy atom. The Bertz CT molecular complexity index is 604. The Kier molecular flexibility index (Phi) is 3.08. The molecule has 102 valence electrons. The first-order chi connectivity index (χ1) is 9.13. The molecule has 3 N–H and O–H groups in total. The summed E-state index contributed by atoms with van der Waals surface area (Å²) in [5.74, 6) is 0.344. The molecule has 2 aromatic rings. The number of rotatable bonds is 2. The number of nitrogens with two attached hydrogens (primary N) is 1. The van der Waals surface area contributed by atoms with Crippen molar-refractivity contribution in [2.75, 3.05) is 12.0 Å². The number of aliphatic hydroxyl groups excluding tert-OH is 1. The molecule has 0 aliphatic carbocycles. The summed E-state index contributed by atoms with van der Waals surface area (Å²) in [6, 6.07) is 0. The molecule has 1 saturated heterocycles. The third kappa shape index (κ3) is 1.87. The average Bonchev–Trinajstić information content (AvgIpc) is 2.93. The molecular weight excluding hydrogens is 266 g/mol. The number of ether oxygens (including phenoxy) is 1. The molecule has 0 amide bonds. The summed E-state index contributed by atoms with van der Waals surface area (Å²) in [7, 11) is 0. The topological polar surface area (TPSA) is 99.1 Å². The van der Waals surface area contributed by atoms with Gasteiger partial charge in [0, 0.05) is 0 Å².